The van der Waals surface area contributed by atoms with E-state index in [-0.39, 0.29) is 13.0 Å². The predicted octanol–water partition coefficient (Wildman–Crippen LogP) is 5.42. The quantitative estimate of drug-likeness (QED) is 0.358. The second kappa shape index (κ2) is 11.5. The zero-order chi connectivity index (χ0) is 16.2. The monoisotopic (exact) mass is 336 g/mol. The summed E-state index contributed by atoms with van der Waals surface area (Å²) in [7, 11) is 0. The van der Waals surface area contributed by atoms with Gasteiger partial charge in [0.2, 0.25) is 0 Å². The number of rotatable bonds is 13. The van der Waals surface area contributed by atoms with E-state index >= 15 is 0 Å². The summed E-state index contributed by atoms with van der Waals surface area (Å²) in [5.41, 5.74) is 0. The van der Waals surface area contributed by atoms with Crippen LogP contribution in [0, 0.1) is 0 Å². The van der Waals surface area contributed by atoms with Crippen molar-refractivity contribution in [1.29, 1.82) is 0 Å². The highest BCUT2D eigenvalue weighted by atomic mass is 32.2. The number of unbranched alkanes of at least 4 members (excludes halogenated alkanes) is 6. The molecule has 1 nitrogen and oxygen atoms in total. The van der Waals surface area contributed by atoms with Crippen LogP contribution in [0.15, 0.2) is 0 Å². The number of halogens is 5. The van der Waals surface area contributed by atoms with Crippen LogP contribution in [0.25, 0.3) is 0 Å². The van der Waals surface area contributed by atoms with Gasteiger partial charge in [-0.3, -0.25) is 0 Å². The van der Waals surface area contributed by atoms with E-state index < -0.39 is 18.5 Å². The molecule has 21 heavy (non-hydrogen) atoms. The minimum atomic E-state index is -5.42. The Morgan fingerprint density at radius 2 is 1.14 bits per heavy atom. The summed E-state index contributed by atoms with van der Waals surface area (Å²) in [6.07, 6.45) is 0.615. The van der Waals surface area contributed by atoms with Crippen molar-refractivity contribution in [3.63, 3.8) is 0 Å². The Morgan fingerprint density at radius 1 is 0.667 bits per heavy atom. The second-order valence-corrected chi connectivity index (χ2v) is 6.34. The van der Waals surface area contributed by atoms with Crippen LogP contribution in [0.1, 0.15) is 57.8 Å². The van der Waals surface area contributed by atoms with Crippen molar-refractivity contribution in [2.75, 3.05) is 18.1 Å². The van der Waals surface area contributed by atoms with E-state index in [0.717, 1.165) is 50.7 Å². The first-order valence-electron chi connectivity index (χ1n) is 7.44. The summed E-state index contributed by atoms with van der Waals surface area (Å²) in [5, 5.41) is 8.59. The first-order chi connectivity index (χ1) is 9.81. The summed E-state index contributed by atoms with van der Waals surface area (Å²) < 4.78 is 60.8. The standard InChI is InChI=1S/C14H25F5OS/c15-13(16,14(17,18)19)9-8-12-21-11-7-5-3-1-2-4-6-10-20/h20H,1-12H2. The summed E-state index contributed by atoms with van der Waals surface area (Å²) in [6.45, 7) is 0.240. The molecule has 0 aliphatic heterocycles. The lowest BCUT2D eigenvalue weighted by Crippen LogP contribution is -2.36. The van der Waals surface area contributed by atoms with Crippen LogP contribution in [-0.2, 0) is 0 Å². The van der Waals surface area contributed by atoms with Crippen LogP contribution in [0.4, 0.5) is 22.0 Å². The topological polar surface area (TPSA) is 20.2 Å². The molecular formula is C14H25F5OS. The third kappa shape index (κ3) is 11.2. The Hall–Kier alpha value is -0.0400. The number of hydrogen-bond acceptors (Lipinski definition) is 2. The maximum Gasteiger partial charge on any atom is 0.453 e. The Bertz CT molecular complexity index is 246. The molecule has 0 fully saturated rings. The van der Waals surface area contributed by atoms with Gasteiger partial charge in [0, 0.05) is 13.0 Å². The van der Waals surface area contributed by atoms with Gasteiger partial charge in [-0.1, -0.05) is 32.1 Å². The van der Waals surface area contributed by atoms with E-state index in [2.05, 4.69) is 0 Å². The maximum atomic E-state index is 12.6. The third-order valence-electron chi connectivity index (χ3n) is 3.14. The molecule has 0 aromatic heterocycles. The lowest BCUT2D eigenvalue weighted by molar-refractivity contribution is -0.284. The lowest BCUT2D eigenvalue weighted by atomic mass is 10.1. The molecule has 0 atom stereocenters. The average Bonchev–Trinajstić information content (AvgIpc) is 2.38. The SMILES string of the molecule is OCCCCCCCCCSCCCC(F)(F)C(F)(F)F. The van der Waals surface area contributed by atoms with Crippen LogP contribution in [0.2, 0.25) is 0 Å². The molecule has 0 spiro atoms. The number of aliphatic hydroxyl groups is 1. The molecule has 0 saturated heterocycles. The van der Waals surface area contributed by atoms with Gasteiger partial charge in [-0.2, -0.15) is 33.7 Å². The fourth-order valence-corrected chi connectivity index (χ4v) is 2.80. The lowest BCUT2D eigenvalue weighted by Gasteiger charge is -2.19. The summed E-state index contributed by atoms with van der Waals surface area (Å²) in [6, 6.07) is 0. The van der Waals surface area contributed by atoms with E-state index in [1.807, 2.05) is 0 Å². The molecule has 0 bridgehead atoms. The largest absolute Gasteiger partial charge is 0.453 e. The van der Waals surface area contributed by atoms with Crippen molar-refractivity contribution in [2.24, 2.45) is 0 Å². The molecule has 0 radical (unpaired) electrons. The van der Waals surface area contributed by atoms with E-state index in [1.165, 1.54) is 11.8 Å². The van der Waals surface area contributed by atoms with Gasteiger partial charge in [0.15, 0.2) is 0 Å². The summed E-state index contributed by atoms with van der Waals surface area (Å²) in [4.78, 5) is 0. The molecule has 0 aliphatic rings. The van der Waals surface area contributed by atoms with E-state index in [4.69, 9.17) is 5.11 Å². The Labute approximate surface area is 127 Å². The molecule has 1 N–H and O–H groups in total. The van der Waals surface area contributed by atoms with Gasteiger partial charge in [0.05, 0.1) is 0 Å². The molecule has 128 valence electrons. The zero-order valence-corrected chi connectivity index (χ0v) is 13.0. The molecule has 0 aromatic carbocycles. The second-order valence-electron chi connectivity index (χ2n) is 5.12. The van der Waals surface area contributed by atoms with Crippen LogP contribution in [0.3, 0.4) is 0 Å². The normalized spacial score (nSPS) is 12.9. The van der Waals surface area contributed by atoms with Crippen LogP contribution < -0.4 is 0 Å². The van der Waals surface area contributed by atoms with Gasteiger partial charge in [0.1, 0.15) is 0 Å². The fourth-order valence-electron chi connectivity index (χ4n) is 1.84. The number of hydrogen-bond donors (Lipinski definition) is 1. The Kier molecular flexibility index (Phi) is 11.5. The van der Waals surface area contributed by atoms with Gasteiger partial charge < -0.3 is 5.11 Å². The predicted molar refractivity (Wildman–Crippen MR) is 77.0 cm³/mol. The summed E-state index contributed by atoms with van der Waals surface area (Å²) in [5.74, 6) is -3.39. The van der Waals surface area contributed by atoms with Gasteiger partial charge >= 0.3 is 12.1 Å². The fraction of sp³-hybridized carbons (Fsp3) is 1.00. The molecule has 0 rings (SSSR count). The molecule has 0 aromatic rings. The molecule has 0 heterocycles. The molecule has 0 amide bonds. The van der Waals surface area contributed by atoms with Crippen molar-refractivity contribution in [2.45, 2.75) is 69.9 Å². The Morgan fingerprint density at radius 3 is 1.67 bits per heavy atom. The van der Waals surface area contributed by atoms with Gasteiger partial charge in [0.25, 0.3) is 0 Å². The first-order valence-corrected chi connectivity index (χ1v) is 8.60. The zero-order valence-electron chi connectivity index (χ0n) is 12.2. The maximum absolute atomic E-state index is 12.6. The minimum absolute atomic E-state index is 0.113. The van der Waals surface area contributed by atoms with Crippen molar-refractivity contribution in [1.82, 2.24) is 0 Å². The smallest absolute Gasteiger partial charge is 0.396 e. The van der Waals surface area contributed by atoms with Crippen molar-refractivity contribution in [3.8, 4) is 0 Å². The Balaban J connectivity index is 3.30. The highest BCUT2D eigenvalue weighted by Gasteiger charge is 2.56. The van der Waals surface area contributed by atoms with Gasteiger partial charge in [-0.25, -0.2) is 0 Å². The molecule has 0 aliphatic carbocycles. The number of thioether (sulfide) groups is 1. The number of alkyl halides is 5. The third-order valence-corrected chi connectivity index (χ3v) is 4.30. The van der Waals surface area contributed by atoms with Gasteiger partial charge in [-0.05, 0) is 30.8 Å². The average molecular weight is 336 g/mol. The van der Waals surface area contributed by atoms with Crippen LogP contribution >= 0.6 is 11.8 Å². The van der Waals surface area contributed by atoms with Gasteiger partial charge in [-0.15, -0.1) is 0 Å². The molecule has 0 saturated carbocycles. The highest BCUT2D eigenvalue weighted by molar-refractivity contribution is 7.99. The highest BCUT2D eigenvalue weighted by Crippen LogP contribution is 2.39. The molecule has 7 heteroatoms. The van der Waals surface area contributed by atoms with Crippen molar-refractivity contribution >= 4 is 11.8 Å². The van der Waals surface area contributed by atoms with E-state index in [1.54, 1.807) is 0 Å². The van der Waals surface area contributed by atoms with Crippen LogP contribution in [0.5, 0.6) is 0 Å². The van der Waals surface area contributed by atoms with E-state index in [9.17, 15) is 22.0 Å². The van der Waals surface area contributed by atoms with E-state index in [0.29, 0.717) is 5.75 Å². The summed E-state index contributed by atoms with van der Waals surface area (Å²) >= 11 is 1.44. The molecular weight excluding hydrogens is 311 g/mol. The first kappa shape index (κ1) is 21.0. The minimum Gasteiger partial charge on any atom is -0.396 e. The number of aliphatic hydroxyl groups excluding tert-OH is 1. The van der Waals surface area contributed by atoms with Crippen molar-refractivity contribution in [3.05, 3.63) is 0 Å². The molecule has 0 unspecified atom stereocenters. The van der Waals surface area contributed by atoms with Crippen LogP contribution in [-0.4, -0.2) is 35.3 Å². The van der Waals surface area contributed by atoms with Crippen molar-refractivity contribution < 1.29 is 27.1 Å².